The number of carbonyl (C=O) groups is 4. The number of esters is 4. The zero-order valence-electron chi connectivity index (χ0n) is 19.5. The summed E-state index contributed by atoms with van der Waals surface area (Å²) in [5.74, 6) is -3.29. The van der Waals surface area contributed by atoms with Crippen LogP contribution in [0, 0.1) is 0 Å². The van der Waals surface area contributed by atoms with Crippen LogP contribution in [0.2, 0.25) is 0 Å². The molecule has 4 N–H and O–H groups in total. The highest BCUT2D eigenvalue weighted by atomic mass is 16.8. The number of carbonyl (C=O) groups excluding carboxylic acids is 4. The minimum atomic E-state index is -1.88. The van der Waals surface area contributed by atoms with Crippen LogP contribution >= 0.6 is 0 Å². The van der Waals surface area contributed by atoms with Gasteiger partial charge < -0.3 is 53.6 Å². The SMILES string of the molecule is CC(=O)OCC1O[C@@H](O[C@H]2[C@@H](O)[C@H](O)C(CO)O[C@H]2O)[C@@H](OC(C)=O)C(OC(C)=O)[C@@H]1OC(C)=O. The molecule has 15 nitrogen and oxygen atoms in total. The molecule has 0 amide bonds. The molecule has 2 heterocycles. The predicted molar refractivity (Wildman–Crippen MR) is 107 cm³/mol. The summed E-state index contributed by atoms with van der Waals surface area (Å²) in [6.07, 6.45) is -16.0. The van der Waals surface area contributed by atoms with Crippen LogP contribution in [-0.4, -0.2) is 119 Å². The minimum Gasteiger partial charge on any atom is -0.463 e. The first-order valence-electron chi connectivity index (χ1n) is 10.6. The van der Waals surface area contributed by atoms with E-state index in [9.17, 15) is 39.6 Å². The lowest BCUT2D eigenvalue weighted by Crippen LogP contribution is -2.66. The van der Waals surface area contributed by atoms with Crippen molar-refractivity contribution in [2.24, 2.45) is 0 Å². The highest BCUT2D eigenvalue weighted by Crippen LogP contribution is 2.33. The Bertz CT molecular complexity index is 772. The highest BCUT2D eigenvalue weighted by molar-refractivity contribution is 5.68. The van der Waals surface area contributed by atoms with Gasteiger partial charge in [-0.1, -0.05) is 0 Å². The van der Waals surface area contributed by atoms with Crippen molar-refractivity contribution in [2.45, 2.75) is 89.1 Å². The second kappa shape index (κ2) is 12.5. The van der Waals surface area contributed by atoms with Crippen LogP contribution in [0.25, 0.3) is 0 Å². The molecule has 0 radical (unpaired) electrons. The molecule has 2 fully saturated rings. The Morgan fingerprint density at radius 2 is 1.23 bits per heavy atom. The van der Waals surface area contributed by atoms with E-state index in [1.807, 2.05) is 0 Å². The summed E-state index contributed by atoms with van der Waals surface area (Å²) in [5.41, 5.74) is 0. The molecule has 0 spiro atoms. The molecule has 2 rings (SSSR count). The average molecular weight is 510 g/mol. The van der Waals surface area contributed by atoms with E-state index < -0.39 is 98.5 Å². The van der Waals surface area contributed by atoms with Crippen molar-refractivity contribution in [3.63, 3.8) is 0 Å². The summed E-state index contributed by atoms with van der Waals surface area (Å²) < 4.78 is 37.0. The van der Waals surface area contributed by atoms with Crippen molar-refractivity contribution < 1.29 is 72.8 Å². The van der Waals surface area contributed by atoms with E-state index in [0.29, 0.717) is 0 Å². The van der Waals surface area contributed by atoms with Gasteiger partial charge >= 0.3 is 23.9 Å². The molecule has 2 aliphatic heterocycles. The third-order valence-corrected chi connectivity index (χ3v) is 5.08. The summed E-state index contributed by atoms with van der Waals surface area (Å²) in [6, 6.07) is 0. The monoisotopic (exact) mass is 510 g/mol. The Balaban J connectivity index is 2.43. The van der Waals surface area contributed by atoms with E-state index in [4.69, 9.17) is 33.2 Å². The van der Waals surface area contributed by atoms with Crippen molar-refractivity contribution >= 4 is 23.9 Å². The van der Waals surface area contributed by atoms with Gasteiger partial charge in [-0.15, -0.1) is 0 Å². The lowest BCUT2D eigenvalue weighted by atomic mass is 9.96. The van der Waals surface area contributed by atoms with Crippen LogP contribution < -0.4 is 0 Å². The van der Waals surface area contributed by atoms with Crippen LogP contribution in [0.15, 0.2) is 0 Å². The highest BCUT2D eigenvalue weighted by Gasteiger charge is 2.55. The third kappa shape index (κ3) is 7.54. The largest absolute Gasteiger partial charge is 0.463 e. The number of rotatable bonds is 8. The number of hydrogen-bond donors (Lipinski definition) is 4. The van der Waals surface area contributed by atoms with E-state index in [1.165, 1.54) is 0 Å². The van der Waals surface area contributed by atoms with E-state index in [-0.39, 0.29) is 0 Å². The Morgan fingerprint density at radius 1 is 0.686 bits per heavy atom. The van der Waals surface area contributed by atoms with Crippen LogP contribution in [0.1, 0.15) is 27.7 Å². The Hall–Kier alpha value is -2.40. The molecule has 0 saturated carbocycles. The van der Waals surface area contributed by atoms with Crippen LogP contribution in [0.3, 0.4) is 0 Å². The molecule has 2 saturated heterocycles. The zero-order valence-corrected chi connectivity index (χ0v) is 19.5. The van der Waals surface area contributed by atoms with Gasteiger partial charge in [-0.2, -0.15) is 0 Å². The predicted octanol–water partition coefficient (Wildman–Crippen LogP) is -3.11. The lowest BCUT2D eigenvalue weighted by molar-refractivity contribution is -0.362. The smallest absolute Gasteiger partial charge is 0.303 e. The Morgan fingerprint density at radius 3 is 1.74 bits per heavy atom. The number of ether oxygens (including phenoxy) is 7. The van der Waals surface area contributed by atoms with E-state index in [2.05, 4.69) is 0 Å². The van der Waals surface area contributed by atoms with Gasteiger partial charge in [0.25, 0.3) is 0 Å². The van der Waals surface area contributed by atoms with Crippen molar-refractivity contribution in [1.29, 1.82) is 0 Å². The van der Waals surface area contributed by atoms with Gasteiger partial charge in [-0.3, -0.25) is 19.2 Å². The average Bonchev–Trinajstić information content (AvgIpc) is 2.75. The summed E-state index contributed by atoms with van der Waals surface area (Å²) >= 11 is 0. The number of aliphatic hydroxyl groups excluding tert-OH is 4. The fourth-order valence-electron chi connectivity index (χ4n) is 3.67. The lowest BCUT2D eigenvalue weighted by Gasteiger charge is -2.47. The van der Waals surface area contributed by atoms with Gasteiger partial charge in [0.15, 0.2) is 30.9 Å². The maximum absolute atomic E-state index is 11.8. The second-order valence-electron chi connectivity index (χ2n) is 7.90. The van der Waals surface area contributed by atoms with Crippen molar-refractivity contribution in [3.8, 4) is 0 Å². The number of hydrogen-bond acceptors (Lipinski definition) is 15. The summed E-state index contributed by atoms with van der Waals surface area (Å²) in [5, 5.41) is 40.1. The molecular weight excluding hydrogens is 480 g/mol. The van der Waals surface area contributed by atoms with Gasteiger partial charge in [-0.05, 0) is 0 Å². The molecule has 3 unspecified atom stereocenters. The molecule has 35 heavy (non-hydrogen) atoms. The fourth-order valence-corrected chi connectivity index (χ4v) is 3.67. The molecule has 15 heteroatoms. The zero-order chi connectivity index (χ0) is 26.4. The molecule has 0 aromatic rings. The maximum atomic E-state index is 11.8. The van der Waals surface area contributed by atoms with Gasteiger partial charge in [-0.25, -0.2) is 0 Å². The van der Waals surface area contributed by atoms with Crippen molar-refractivity contribution in [3.05, 3.63) is 0 Å². The van der Waals surface area contributed by atoms with Gasteiger partial charge in [0.2, 0.25) is 0 Å². The first-order chi connectivity index (χ1) is 16.3. The van der Waals surface area contributed by atoms with Gasteiger partial charge in [0.05, 0.1) is 6.61 Å². The summed E-state index contributed by atoms with van der Waals surface area (Å²) in [4.78, 5) is 46.8. The molecular formula is C20H30O15. The molecule has 200 valence electrons. The number of aliphatic hydroxyl groups is 4. The van der Waals surface area contributed by atoms with E-state index in [0.717, 1.165) is 27.7 Å². The maximum Gasteiger partial charge on any atom is 0.303 e. The minimum absolute atomic E-state index is 0.515. The Labute approximate surface area is 199 Å². The van der Waals surface area contributed by atoms with E-state index >= 15 is 0 Å². The topological polar surface area (TPSA) is 214 Å². The van der Waals surface area contributed by atoms with Crippen LogP contribution in [0.4, 0.5) is 0 Å². The normalized spacial score (nSPS) is 37.1. The van der Waals surface area contributed by atoms with Gasteiger partial charge in [0, 0.05) is 27.7 Å². The van der Waals surface area contributed by atoms with E-state index in [1.54, 1.807) is 0 Å². The second-order valence-corrected chi connectivity index (χ2v) is 7.90. The molecule has 0 bridgehead atoms. The molecule has 0 aliphatic carbocycles. The first kappa shape index (κ1) is 28.8. The quantitative estimate of drug-likeness (QED) is 0.188. The van der Waals surface area contributed by atoms with Gasteiger partial charge in [0.1, 0.15) is 37.1 Å². The Kier molecular flexibility index (Phi) is 10.3. The van der Waals surface area contributed by atoms with Crippen molar-refractivity contribution in [1.82, 2.24) is 0 Å². The molecule has 2 aliphatic rings. The van der Waals surface area contributed by atoms with Crippen LogP contribution in [0.5, 0.6) is 0 Å². The standard InChI is InChI=1S/C20H30O15/c1-7(22)29-6-12-15(30-8(2)23)17(31-9(3)24)18(32-10(4)25)20(34-12)35-16-14(27)13(26)11(5-21)33-19(16)28/h11-21,26-28H,5-6H2,1-4H3/t11?,12?,13-,14+,15-,16+,17?,18+,19-,20+/m1/s1. The molecule has 0 aromatic carbocycles. The summed E-state index contributed by atoms with van der Waals surface area (Å²) in [6.45, 7) is 2.99. The fraction of sp³-hybridized carbons (Fsp3) is 0.800. The first-order valence-corrected chi connectivity index (χ1v) is 10.6. The molecule has 0 aromatic heterocycles. The van der Waals surface area contributed by atoms with Crippen molar-refractivity contribution in [2.75, 3.05) is 13.2 Å². The summed E-state index contributed by atoms with van der Waals surface area (Å²) in [7, 11) is 0. The van der Waals surface area contributed by atoms with Crippen LogP contribution in [-0.2, 0) is 52.3 Å². The molecule has 10 atom stereocenters. The third-order valence-electron chi connectivity index (χ3n) is 5.08.